The molecule has 0 saturated carbocycles. The van der Waals surface area contributed by atoms with Gasteiger partial charge < -0.3 is 15.0 Å². The second-order valence-electron chi connectivity index (χ2n) is 11.4. The number of amides is 1. The van der Waals surface area contributed by atoms with E-state index in [1.54, 1.807) is 6.20 Å². The number of fused-ring (bicyclic) bond motifs is 1. The number of carbonyl (C=O) groups excluding carboxylic acids is 1. The summed E-state index contributed by atoms with van der Waals surface area (Å²) in [5, 5.41) is 8.22. The zero-order valence-electron chi connectivity index (χ0n) is 23.6. The summed E-state index contributed by atoms with van der Waals surface area (Å²) in [6.07, 6.45) is 4.23. The van der Waals surface area contributed by atoms with Crippen molar-refractivity contribution in [3.05, 3.63) is 118 Å². The molecule has 2 aliphatic heterocycles. The minimum Gasteiger partial charge on any atom is -0.365 e. The van der Waals surface area contributed by atoms with E-state index in [4.69, 9.17) is 4.74 Å². The number of aryl methyl sites for hydroxylation is 2. The fourth-order valence-electron chi connectivity index (χ4n) is 5.96. The number of anilines is 1. The van der Waals surface area contributed by atoms with Gasteiger partial charge in [0.15, 0.2) is 0 Å². The van der Waals surface area contributed by atoms with Crippen molar-refractivity contribution in [2.75, 3.05) is 18.4 Å². The van der Waals surface area contributed by atoms with Crippen LogP contribution in [0.15, 0.2) is 85.1 Å². The molecule has 3 heterocycles. The molecule has 0 radical (unpaired) electrons. The molecule has 206 valence electrons. The van der Waals surface area contributed by atoms with Crippen LogP contribution >= 0.6 is 0 Å². The Bertz CT molecular complexity index is 1390. The number of rotatable bonds is 6. The molecule has 6 nitrogen and oxygen atoms in total. The van der Waals surface area contributed by atoms with E-state index in [9.17, 15) is 4.79 Å². The fourth-order valence-corrected chi connectivity index (χ4v) is 5.96. The zero-order chi connectivity index (χ0) is 27.6. The van der Waals surface area contributed by atoms with Crippen LogP contribution in [-0.4, -0.2) is 39.8 Å². The normalized spacial score (nSPS) is 19.4. The summed E-state index contributed by atoms with van der Waals surface area (Å²) in [6.45, 7) is 7.71. The lowest BCUT2D eigenvalue weighted by Gasteiger charge is -2.35. The largest absolute Gasteiger partial charge is 0.365 e. The minimum absolute atomic E-state index is 0.0433. The van der Waals surface area contributed by atoms with Gasteiger partial charge in [0.05, 0.1) is 24.4 Å². The number of carbonyl (C=O) groups is 1. The number of piperidine rings is 1. The maximum Gasteiger partial charge on any atom is 0.259 e. The number of likely N-dealkylation sites (tertiary alicyclic amines) is 1. The van der Waals surface area contributed by atoms with E-state index in [1.165, 1.54) is 16.7 Å². The molecular weight excluding hydrogens is 496 g/mol. The lowest BCUT2D eigenvalue weighted by molar-refractivity contribution is -0.0238. The van der Waals surface area contributed by atoms with Gasteiger partial charge in [0.25, 0.3) is 5.91 Å². The first-order valence-corrected chi connectivity index (χ1v) is 14.4. The third kappa shape index (κ3) is 5.41. The molecule has 1 saturated heterocycles. The highest BCUT2D eigenvalue weighted by atomic mass is 16.5. The number of nitrogens with zero attached hydrogens (tertiary/aromatic N) is 3. The Morgan fingerprint density at radius 1 is 0.900 bits per heavy atom. The number of aromatic nitrogens is 2. The van der Waals surface area contributed by atoms with Gasteiger partial charge in [0.2, 0.25) is 0 Å². The van der Waals surface area contributed by atoms with Crippen molar-refractivity contribution in [2.45, 2.75) is 64.3 Å². The first-order chi connectivity index (χ1) is 19.5. The van der Waals surface area contributed by atoms with Crippen molar-refractivity contribution in [2.24, 2.45) is 0 Å². The average Bonchev–Trinajstić information content (AvgIpc) is 3.42. The summed E-state index contributed by atoms with van der Waals surface area (Å²) in [4.78, 5) is 15.7. The summed E-state index contributed by atoms with van der Waals surface area (Å²) < 4.78 is 8.73. The molecule has 3 aromatic carbocycles. The standard InChI is InChI=1S/C34H38N4O2/c1-23-9-13-27(14-10-23)32(28-15-11-24(2)12-16-28)40-29-17-19-37(20-18-29)34(39)30-22-35-38-25(3)21-31(36-33(30)38)26-7-5-4-6-8-26/h4-16,22,25,29,31-32,36H,17-21H2,1-3H3. The topological polar surface area (TPSA) is 59.4 Å². The van der Waals surface area contributed by atoms with Gasteiger partial charge in [-0.2, -0.15) is 5.10 Å². The third-order valence-electron chi connectivity index (χ3n) is 8.35. The number of hydrogen-bond acceptors (Lipinski definition) is 4. The van der Waals surface area contributed by atoms with Gasteiger partial charge in [-0.1, -0.05) is 90.0 Å². The Morgan fingerprint density at radius 3 is 2.10 bits per heavy atom. The van der Waals surface area contributed by atoms with Gasteiger partial charge in [0.1, 0.15) is 17.5 Å². The second kappa shape index (κ2) is 11.3. The predicted octanol–water partition coefficient (Wildman–Crippen LogP) is 7.03. The SMILES string of the molecule is Cc1ccc(C(OC2CCN(C(=O)c3cnn4c3NC(c3ccccc3)CC4C)CC2)c2ccc(C)cc2)cc1. The van der Waals surface area contributed by atoms with E-state index in [2.05, 4.69) is 104 Å². The first kappa shape index (κ1) is 26.3. The molecule has 40 heavy (non-hydrogen) atoms. The Labute approximate surface area is 237 Å². The van der Waals surface area contributed by atoms with Crippen LogP contribution in [0, 0.1) is 13.8 Å². The first-order valence-electron chi connectivity index (χ1n) is 14.4. The smallest absolute Gasteiger partial charge is 0.259 e. The van der Waals surface area contributed by atoms with Crippen molar-refractivity contribution in [3.63, 3.8) is 0 Å². The van der Waals surface area contributed by atoms with E-state index < -0.39 is 0 Å². The Balaban J connectivity index is 1.14. The lowest BCUT2D eigenvalue weighted by Crippen LogP contribution is -2.41. The average molecular weight is 535 g/mol. The highest BCUT2D eigenvalue weighted by Crippen LogP contribution is 2.37. The Morgan fingerprint density at radius 2 is 1.50 bits per heavy atom. The molecule has 2 unspecified atom stereocenters. The van der Waals surface area contributed by atoms with E-state index in [1.807, 2.05) is 15.6 Å². The van der Waals surface area contributed by atoms with Gasteiger partial charge in [-0.3, -0.25) is 4.79 Å². The maximum absolute atomic E-state index is 13.7. The number of benzene rings is 3. The predicted molar refractivity (Wildman–Crippen MR) is 159 cm³/mol. The van der Waals surface area contributed by atoms with Crippen LogP contribution in [0.4, 0.5) is 5.82 Å². The molecule has 2 atom stereocenters. The van der Waals surface area contributed by atoms with Crippen LogP contribution in [0.2, 0.25) is 0 Å². The molecule has 1 aromatic heterocycles. The molecular formula is C34H38N4O2. The van der Waals surface area contributed by atoms with Crippen molar-refractivity contribution >= 4 is 11.7 Å². The van der Waals surface area contributed by atoms with Crippen LogP contribution < -0.4 is 5.32 Å². The fraction of sp³-hybridized carbons (Fsp3) is 0.353. The monoisotopic (exact) mass is 534 g/mol. The molecule has 4 aromatic rings. The van der Waals surface area contributed by atoms with Crippen LogP contribution in [0.3, 0.4) is 0 Å². The van der Waals surface area contributed by atoms with Crippen molar-refractivity contribution in [1.29, 1.82) is 0 Å². The van der Waals surface area contributed by atoms with Gasteiger partial charge in [-0.15, -0.1) is 0 Å². The van der Waals surface area contributed by atoms with Gasteiger partial charge in [-0.25, -0.2) is 4.68 Å². The van der Waals surface area contributed by atoms with Crippen LogP contribution in [-0.2, 0) is 4.74 Å². The summed E-state index contributed by atoms with van der Waals surface area (Å²) >= 11 is 0. The van der Waals surface area contributed by atoms with E-state index in [0.29, 0.717) is 18.7 Å². The number of nitrogens with one attached hydrogen (secondary N) is 1. The maximum atomic E-state index is 13.7. The molecule has 6 heteroatoms. The molecule has 0 bridgehead atoms. The molecule has 1 amide bonds. The zero-order valence-corrected chi connectivity index (χ0v) is 23.6. The van der Waals surface area contributed by atoms with Crippen LogP contribution in [0.5, 0.6) is 0 Å². The number of ether oxygens (including phenoxy) is 1. The van der Waals surface area contributed by atoms with Crippen LogP contribution in [0.25, 0.3) is 0 Å². The highest BCUT2D eigenvalue weighted by Gasteiger charge is 2.33. The Hall–Kier alpha value is -3.90. The summed E-state index contributed by atoms with van der Waals surface area (Å²) in [5.74, 6) is 0.872. The summed E-state index contributed by atoms with van der Waals surface area (Å²) in [7, 11) is 0. The minimum atomic E-state index is -0.128. The van der Waals surface area contributed by atoms with Gasteiger partial charge in [0, 0.05) is 13.1 Å². The highest BCUT2D eigenvalue weighted by molar-refractivity contribution is 5.99. The summed E-state index contributed by atoms with van der Waals surface area (Å²) in [5.41, 5.74) is 6.68. The van der Waals surface area contributed by atoms with E-state index in [-0.39, 0.29) is 30.2 Å². The number of hydrogen-bond donors (Lipinski definition) is 1. The van der Waals surface area contributed by atoms with Crippen molar-refractivity contribution in [3.8, 4) is 0 Å². The van der Waals surface area contributed by atoms with E-state index in [0.717, 1.165) is 36.2 Å². The molecule has 0 spiro atoms. The molecule has 2 aliphatic rings. The molecule has 1 N–H and O–H groups in total. The molecule has 1 fully saturated rings. The summed E-state index contributed by atoms with van der Waals surface area (Å²) in [6, 6.07) is 28.1. The van der Waals surface area contributed by atoms with E-state index >= 15 is 0 Å². The van der Waals surface area contributed by atoms with Crippen molar-refractivity contribution in [1.82, 2.24) is 14.7 Å². The quantitative estimate of drug-likeness (QED) is 0.289. The second-order valence-corrected chi connectivity index (χ2v) is 11.4. The molecule has 0 aliphatic carbocycles. The van der Waals surface area contributed by atoms with Crippen LogP contribution in [0.1, 0.15) is 82.5 Å². The lowest BCUT2D eigenvalue weighted by atomic mass is 9.97. The Kier molecular flexibility index (Phi) is 7.44. The molecule has 6 rings (SSSR count). The third-order valence-corrected chi connectivity index (χ3v) is 8.35. The van der Waals surface area contributed by atoms with Crippen molar-refractivity contribution < 1.29 is 9.53 Å². The van der Waals surface area contributed by atoms with Gasteiger partial charge in [-0.05, 0) is 56.7 Å². The van der Waals surface area contributed by atoms with Gasteiger partial charge >= 0.3 is 0 Å².